The van der Waals surface area contributed by atoms with Crippen LogP contribution in [-0.2, 0) is 28.6 Å². The Kier molecular flexibility index (Phi) is 32.5. The summed E-state index contributed by atoms with van der Waals surface area (Å²) in [7, 11) is 9.92. The lowest BCUT2D eigenvalue weighted by Gasteiger charge is -2.30. The lowest BCUT2D eigenvalue weighted by molar-refractivity contribution is -0.147. The average molecular weight is 607 g/mol. The number of ether oxygens (including phenoxy) is 3. The van der Waals surface area contributed by atoms with Gasteiger partial charge in [-0.25, -0.2) is 0 Å². The van der Waals surface area contributed by atoms with E-state index in [0.29, 0.717) is 0 Å². The number of esters is 3. The lowest BCUT2D eigenvalue weighted by atomic mass is 9.93. The van der Waals surface area contributed by atoms with Crippen LogP contribution < -0.4 is 31.9 Å². The number of nitrogens with one attached hydrogen (secondary N) is 6. The van der Waals surface area contributed by atoms with Gasteiger partial charge in [0.15, 0.2) is 0 Å². The van der Waals surface area contributed by atoms with Crippen molar-refractivity contribution < 1.29 is 28.6 Å². The van der Waals surface area contributed by atoms with Crippen LogP contribution in [-0.4, -0.2) is 117 Å². The highest BCUT2D eigenvalue weighted by molar-refractivity contribution is 5.76. The molecule has 252 valence electrons. The number of likely N-dealkylation sites (N-methyl/N-ethyl adjacent to an activating group) is 2. The molecule has 0 saturated carbocycles. The van der Waals surface area contributed by atoms with E-state index in [9.17, 15) is 14.4 Å². The number of piperidine rings is 3. The van der Waals surface area contributed by atoms with Crippen molar-refractivity contribution in [3.8, 4) is 0 Å². The summed E-state index contributed by atoms with van der Waals surface area (Å²) in [4.78, 5) is 33.7. The van der Waals surface area contributed by atoms with Crippen molar-refractivity contribution in [3.63, 3.8) is 0 Å². The van der Waals surface area contributed by atoms with Gasteiger partial charge in [-0.2, -0.15) is 0 Å². The Morgan fingerprint density at radius 3 is 1.55 bits per heavy atom. The first-order chi connectivity index (χ1) is 20.4. The number of rotatable bonds is 6. The van der Waals surface area contributed by atoms with Gasteiger partial charge in [-0.3, -0.25) is 14.4 Å². The Morgan fingerprint density at radius 2 is 1.05 bits per heavy atom. The normalized spacial score (nSPS) is 26.0. The molecule has 42 heavy (non-hydrogen) atoms. The third-order valence-electron chi connectivity index (χ3n) is 7.00. The van der Waals surface area contributed by atoms with Crippen LogP contribution >= 0.6 is 0 Å². The molecule has 6 unspecified atom stereocenters. The Morgan fingerprint density at radius 1 is 0.571 bits per heavy atom. The number of methoxy groups -OCH3 is 3. The molecule has 0 aromatic carbocycles. The van der Waals surface area contributed by atoms with E-state index in [4.69, 9.17) is 9.47 Å². The van der Waals surface area contributed by atoms with Crippen molar-refractivity contribution in [3.05, 3.63) is 0 Å². The van der Waals surface area contributed by atoms with Gasteiger partial charge in [0, 0.05) is 31.2 Å². The minimum atomic E-state index is -0.172. The summed E-state index contributed by atoms with van der Waals surface area (Å²) in [5.41, 5.74) is 0. The van der Waals surface area contributed by atoms with Crippen molar-refractivity contribution in [2.45, 2.75) is 91.4 Å². The molecular formula is C30H66N6O6. The van der Waals surface area contributed by atoms with Crippen LogP contribution in [0.4, 0.5) is 0 Å². The van der Waals surface area contributed by atoms with Gasteiger partial charge in [0.1, 0.15) is 6.04 Å². The van der Waals surface area contributed by atoms with E-state index in [1.54, 1.807) is 0 Å². The molecule has 0 aliphatic carbocycles. The van der Waals surface area contributed by atoms with Gasteiger partial charge in [-0.05, 0) is 66.5 Å². The zero-order valence-corrected chi connectivity index (χ0v) is 28.8. The van der Waals surface area contributed by atoms with E-state index in [1.165, 1.54) is 21.3 Å². The fourth-order valence-corrected chi connectivity index (χ4v) is 4.77. The minimum Gasteiger partial charge on any atom is -0.469 e. The van der Waals surface area contributed by atoms with Crippen LogP contribution in [0.25, 0.3) is 0 Å². The molecule has 3 aliphatic heterocycles. The van der Waals surface area contributed by atoms with E-state index in [2.05, 4.69) is 36.6 Å². The van der Waals surface area contributed by atoms with Gasteiger partial charge in [0.05, 0.1) is 33.2 Å². The number of hydrogen-bond acceptors (Lipinski definition) is 12. The van der Waals surface area contributed by atoms with E-state index in [0.717, 1.165) is 58.4 Å². The van der Waals surface area contributed by atoms with Crippen LogP contribution in [0.5, 0.6) is 0 Å². The monoisotopic (exact) mass is 607 g/mol. The minimum absolute atomic E-state index is 0.0150. The second-order valence-electron chi connectivity index (χ2n) is 9.03. The largest absolute Gasteiger partial charge is 0.469 e. The standard InChI is InChI=1S/3C8H16N2O2.3C2H6/c1-9-7-3-4-10-5-6(7)8(11)12-2;1-9-7-5-10-4-3-6(7)8(11)12-2;1-9-6-4-3-5-10-7(6)8(11)12-2;3*1-2/h3*6-7,9-10H,3-5H2,1-2H3;3*1-2H3. The predicted molar refractivity (Wildman–Crippen MR) is 172 cm³/mol. The molecule has 3 fully saturated rings. The number of carbonyl (C=O) groups is 3. The van der Waals surface area contributed by atoms with E-state index < -0.39 is 0 Å². The molecule has 3 heterocycles. The quantitative estimate of drug-likeness (QED) is 0.191. The van der Waals surface area contributed by atoms with Crippen molar-refractivity contribution in [2.24, 2.45) is 11.8 Å². The summed E-state index contributed by atoms with van der Waals surface area (Å²) >= 11 is 0. The van der Waals surface area contributed by atoms with E-state index in [1.807, 2.05) is 62.7 Å². The Bertz CT molecular complexity index is 572. The molecule has 12 nitrogen and oxygen atoms in total. The first kappa shape index (κ1) is 44.6. The van der Waals surface area contributed by atoms with Crippen molar-refractivity contribution in [1.29, 1.82) is 0 Å². The third kappa shape index (κ3) is 17.3. The maximum Gasteiger partial charge on any atom is 0.324 e. The van der Waals surface area contributed by atoms with Gasteiger partial charge in [-0.15, -0.1) is 0 Å². The molecule has 0 spiro atoms. The molecule has 12 heteroatoms. The highest BCUT2D eigenvalue weighted by Crippen LogP contribution is 2.14. The van der Waals surface area contributed by atoms with Crippen LogP contribution in [0.2, 0.25) is 0 Å². The zero-order chi connectivity index (χ0) is 32.9. The average Bonchev–Trinajstić information content (AvgIpc) is 3.10. The summed E-state index contributed by atoms with van der Waals surface area (Å²) in [6, 6.07) is 0.518. The second kappa shape index (κ2) is 30.6. The molecule has 0 amide bonds. The topological polar surface area (TPSA) is 151 Å². The molecule has 0 radical (unpaired) electrons. The Labute approximate surface area is 256 Å². The molecule has 6 N–H and O–H groups in total. The third-order valence-corrected chi connectivity index (χ3v) is 7.00. The zero-order valence-electron chi connectivity index (χ0n) is 28.8. The molecular weight excluding hydrogens is 540 g/mol. The van der Waals surface area contributed by atoms with Crippen molar-refractivity contribution >= 4 is 17.9 Å². The molecule has 3 rings (SSSR count). The molecule has 6 atom stereocenters. The Balaban J connectivity index is -0.000000497. The fourth-order valence-electron chi connectivity index (χ4n) is 4.77. The molecule has 0 aromatic rings. The smallest absolute Gasteiger partial charge is 0.324 e. The maximum atomic E-state index is 11.2. The van der Waals surface area contributed by atoms with Gasteiger partial charge < -0.3 is 46.1 Å². The second-order valence-corrected chi connectivity index (χ2v) is 9.03. The van der Waals surface area contributed by atoms with Gasteiger partial charge in [0.25, 0.3) is 0 Å². The molecule has 3 saturated heterocycles. The van der Waals surface area contributed by atoms with Crippen LogP contribution in [0.1, 0.15) is 67.2 Å². The molecule has 0 aromatic heterocycles. The maximum absolute atomic E-state index is 11.2. The summed E-state index contributed by atoms with van der Waals surface area (Å²) in [6.07, 6.45) is 3.98. The first-order valence-electron chi connectivity index (χ1n) is 15.8. The number of carbonyl (C=O) groups excluding carboxylic acids is 3. The van der Waals surface area contributed by atoms with E-state index in [-0.39, 0.29) is 53.9 Å². The molecule has 3 aliphatic rings. The highest BCUT2D eigenvalue weighted by Gasteiger charge is 2.31. The van der Waals surface area contributed by atoms with E-state index >= 15 is 0 Å². The van der Waals surface area contributed by atoms with Gasteiger partial charge in [-0.1, -0.05) is 41.5 Å². The summed E-state index contributed by atoms with van der Waals surface area (Å²) in [5.74, 6) is -0.415. The summed E-state index contributed by atoms with van der Waals surface area (Å²) in [6.45, 7) is 16.3. The first-order valence-corrected chi connectivity index (χ1v) is 15.8. The number of hydrogen-bond donors (Lipinski definition) is 6. The van der Waals surface area contributed by atoms with Crippen LogP contribution in [0.15, 0.2) is 0 Å². The van der Waals surface area contributed by atoms with Crippen LogP contribution in [0, 0.1) is 11.8 Å². The predicted octanol–water partition coefficient (Wildman–Crippen LogP) is 1.29. The van der Waals surface area contributed by atoms with Crippen molar-refractivity contribution in [1.82, 2.24) is 31.9 Å². The van der Waals surface area contributed by atoms with Gasteiger partial charge in [0.2, 0.25) is 0 Å². The Hall–Kier alpha value is -1.83. The summed E-state index contributed by atoms with van der Waals surface area (Å²) < 4.78 is 14.1. The SMILES string of the molecule is CC.CC.CC.CNC1CCCNC1C(=O)OC.CNC1CCNCC1C(=O)OC.CNC1CNCCC1C(=O)OC. The highest BCUT2D eigenvalue weighted by atomic mass is 16.5. The molecule has 0 bridgehead atoms. The van der Waals surface area contributed by atoms with Crippen molar-refractivity contribution in [2.75, 3.05) is 75.2 Å². The van der Waals surface area contributed by atoms with Crippen LogP contribution in [0.3, 0.4) is 0 Å². The van der Waals surface area contributed by atoms with Gasteiger partial charge >= 0.3 is 17.9 Å². The summed E-state index contributed by atoms with van der Waals surface area (Å²) in [5, 5.41) is 18.9. The lowest BCUT2D eigenvalue weighted by Crippen LogP contribution is -2.55. The fraction of sp³-hybridized carbons (Fsp3) is 0.900.